The molecule has 1 fully saturated rings. The number of aliphatic hydroxyl groups excluding tert-OH is 2. The predicted molar refractivity (Wildman–Crippen MR) is 109 cm³/mol. The first-order valence-corrected chi connectivity index (χ1v) is 10.1. The van der Waals surface area contributed by atoms with Crippen LogP contribution in [-0.4, -0.2) is 47.1 Å². The Bertz CT molecular complexity index is 1270. The third-order valence-electron chi connectivity index (χ3n) is 4.84. The number of anilines is 2. The molecule has 13 heteroatoms. The van der Waals surface area contributed by atoms with E-state index in [-0.39, 0.29) is 22.3 Å². The van der Waals surface area contributed by atoms with Crippen LogP contribution in [0.15, 0.2) is 46.0 Å². The summed E-state index contributed by atoms with van der Waals surface area (Å²) in [5, 5.41) is 27.9. The van der Waals surface area contributed by atoms with Gasteiger partial charge in [0.05, 0.1) is 12.0 Å². The second-order valence-electron chi connectivity index (χ2n) is 6.78. The Hall–Kier alpha value is -2.64. The number of aliphatic hydroxyl groups is 2. The number of nitrogens with one attached hydrogen (secondary N) is 1. The van der Waals surface area contributed by atoms with Crippen molar-refractivity contribution in [2.45, 2.75) is 24.5 Å². The van der Waals surface area contributed by atoms with Gasteiger partial charge >= 0.3 is 0 Å². The lowest BCUT2D eigenvalue weighted by molar-refractivity contribution is -0.0434. The molecule has 0 unspecified atom stereocenters. The van der Waals surface area contributed by atoms with Crippen molar-refractivity contribution >= 4 is 50.2 Å². The summed E-state index contributed by atoms with van der Waals surface area (Å²) >= 11 is 8.96. The molecule has 0 amide bonds. The number of rotatable bonds is 4. The minimum atomic E-state index is -1.30. The van der Waals surface area contributed by atoms with Crippen molar-refractivity contribution in [3.05, 3.63) is 58.1 Å². The predicted octanol–water partition coefficient (Wildman–Crippen LogP) is 3.10. The lowest BCUT2D eigenvalue weighted by Gasteiger charge is -2.16. The monoisotopic (exact) mass is 510 g/mol. The van der Waals surface area contributed by atoms with Gasteiger partial charge in [-0.25, -0.2) is 19.3 Å². The Morgan fingerprint density at radius 2 is 2.00 bits per heavy atom. The number of halogens is 3. The van der Waals surface area contributed by atoms with E-state index in [0.717, 1.165) is 0 Å². The van der Waals surface area contributed by atoms with Gasteiger partial charge in [-0.2, -0.15) is 0 Å². The standard InChI is InChI=1S/C18H13BrClFN6O4/c19-11-4-10(31-26-11)15-13(28)14(29)18(30-15)27-6-24-12-16(22-5-23-17(12)27)25-9-2-1-7(20)3-8(9)21/h1-6,13-15,18,28-29H,(H,22,23,25)/t13-,14+,15+,18+/m0/s1. The minimum absolute atomic E-state index is 0.155. The maximum absolute atomic E-state index is 14.2. The first kappa shape index (κ1) is 20.3. The fraction of sp³-hybridized carbons (Fsp3) is 0.222. The van der Waals surface area contributed by atoms with Gasteiger partial charge in [0.2, 0.25) is 0 Å². The molecular formula is C18H13BrClFN6O4. The third kappa shape index (κ3) is 3.55. The number of benzene rings is 1. The van der Waals surface area contributed by atoms with E-state index in [1.807, 2.05) is 0 Å². The van der Waals surface area contributed by atoms with Gasteiger partial charge in [0, 0.05) is 11.1 Å². The molecule has 4 heterocycles. The molecule has 0 radical (unpaired) electrons. The lowest BCUT2D eigenvalue weighted by Crippen LogP contribution is -2.28. The summed E-state index contributed by atoms with van der Waals surface area (Å²) in [5.41, 5.74) is 0.776. The van der Waals surface area contributed by atoms with E-state index in [1.54, 1.807) is 6.07 Å². The maximum atomic E-state index is 14.2. The zero-order valence-corrected chi connectivity index (χ0v) is 17.7. The van der Waals surface area contributed by atoms with Crippen LogP contribution < -0.4 is 5.32 Å². The molecule has 1 aliphatic heterocycles. The number of fused-ring (bicyclic) bond motifs is 1. The van der Waals surface area contributed by atoms with Gasteiger partial charge in [0.25, 0.3) is 0 Å². The molecular weight excluding hydrogens is 499 g/mol. The fourth-order valence-electron chi connectivity index (χ4n) is 3.37. The number of nitrogens with zero attached hydrogens (tertiary/aromatic N) is 5. The molecule has 1 saturated heterocycles. The average Bonchev–Trinajstić information content (AvgIpc) is 3.43. The third-order valence-corrected chi connectivity index (χ3v) is 5.44. The van der Waals surface area contributed by atoms with E-state index in [2.05, 4.69) is 41.4 Å². The number of aromatic nitrogens is 5. The molecule has 4 atom stereocenters. The molecule has 0 bridgehead atoms. The van der Waals surface area contributed by atoms with Gasteiger partial charge in [0.15, 0.2) is 29.0 Å². The van der Waals surface area contributed by atoms with Crippen LogP contribution >= 0.6 is 27.5 Å². The molecule has 10 nitrogen and oxygen atoms in total. The first-order chi connectivity index (χ1) is 14.9. The van der Waals surface area contributed by atoms with E-state index in [1.165, 1.54) is 35.4 Å². The summed E-state index contributed by atoms with van der Waals surface area (Å²) in [6.45, 7) is 0. The number of hydrogen-bond acceptors (Lipinski definition) is 9. The smallest absolute Gasteiger partial charge is 0.169 e. The summed E-state index contributed by atoms with van der Waals surface area (Å²) in [6.07, 6.45) is -1.87. The Morgan fingerprint density at radius 3 is 2.74 bits per heavy atom. The van der Waals surface area contributed by atoms with Gasteiger partial charge in [-0.3, -0.25) is 4.57 Å². The molecule has 1 aliphatic rings. The second-order valence-corrected chi connectivity index (χ2v) is 8.02. The lowest BCUT2D eigenvalue weighted by atomic mass is 10.1. The average molecular weight is 512 g/mol. The first-order valence-electron chi connectivity index (χ1n) is 8.95. The van der Waals surface area contributed by atoms with Gasteiger partial charge in [0.1, 0.15) is 35.1 Å². The molecule has 31 heavy (non-hydrogen) atoms. The summed E-state index contributed by atoms with van der Waals surface area (Å²) in [4.78, 5) is 12.6. The van der Waals surface area contributed by atoms with Crippen LogP contribution in [0.3, 0.4) is 0 Å². The quantitative estimate of drug-likeness (QED) is 0.378. The SMILES string of the molecule is O[C@@H]1[C@H](O)[C@@H](c2cc(Br)no2)O[C@H]1n1cnc2c(Nc3ccc(Cl)cc3F)ncnc21. The van der Waals surface area contributed by atoms with Crippen molar-refractivity contribution in [1.29, 1.82) is 0 Å². The highest BCUT2D eigenvalue weighted by atomic mass is 79.9. The molecule has 3 aromatic heterocycles. The van der Waals surface area contributed by atoms with Crippen LogP contribution in [0, 0.1) is 5.82 Å². The minimum Gasteiger partial charge on any atom is -0.387 e. The zero-order valence-electron chi connectivity index (χ0n) is 15.4. The molecule has 3 N–H and O–H groups in total. The van der Waals surface area contributed by atoms with Crippen LogP contribution in [0.1, 0.15) is 18.1 Å². The Labute approximate surface area is 186 Å². The molecule has 0 spiro atoms. The van der Waals surface area contributed by atoms with Crippen LogP contribution in [-0.2, 0) is 4.74 Å². The largest absolute Gasteiger partial charge is 0.387 e. The highest BCUT2D eigenvalue weighted by Gasteiger charge is 2.46. The molecule has 0 saturated carbocycles. The Kier molecular flexibility index (Phi) is 5.10. The van der Waals surface area contributed by atoms with E-state index in [0.29, 0.717) is 15.8 Å². The number of imidazole rings is 1. The van der Waals surface area contributed by atoms with Gasteiger partial charge in [-0.1, -0.05) is 16.8 Å². The van der Waals surface area contributed by atoms with E-state index >= 15 is 0 Å². The van der Waals surface area contributed by atoms with E-state index in [4.69, 9.17) is 20.9 Å². The van der Waals surface area contributed by atoms with Crippen LogP contribution in [0.25, 0.3) is 11.2 Å². The van der Waals surface area contributed by atoms with Crippen molar-refractivity contribution in [1.82, 2.24) is 24.7 Å². The summed E-state index contributed by atoms with van der Waals surface area (Å²) < 4.78 is 27.0. The Morgan fingerprint density at radius 1 is 1.16 bits per heavy atom. The normalized spacial score (nSPS) is 23.5. The number of hydrogen-bond donors (Lipinski definition) is 3. The van der Waals surface area contributed by atoms with Gasteiger partial charge in [-0.05, 0) is 34.1 Å². The number of ether oxygens (including phenoxy) is 1. The summed E-state index contributed by atoms with van der Waals surface area (Å²) in [6, 6.07) is 5.73. The molecule has 4 aromatic rings. The van der Waals surface area contributed by atoms with Crippen molar-refractivity contribution in [3.8, 4) is 0 Å². The van der Waals surface area contributed by atoms with Crippen LogP contribution in [0.4, 0.5) is 15.9 Å². The van der Waals surface area contributed by atoms with E-state index in [9.17, 15) is 14.6 Å². The van der Waals surface area contributed by atoms with Crippen molar-refractivity contribution < 1.29 is 23.9 Å². The molecule has 160 valence electrons. The topological polar surface area (TPSA) is 131 Å². The molecule has 1 aromatic carbocycles. The highest BCUT2D eigenvalue weighted by Crippen LogP contribution is 2.40. The van der Waals surface area contributed by atoms with Gasteiger partial charge in [-0.15, -0.1) is 0 Å². The van der Waals surface area contributed by atoms with Crippen LogP contribution in [0.2, 0.25) is 5.02 Å². The zero-order chi connectivity index (χ0) is 21.7. The van der Waals surface area contributed by atoms with Crippen LogP contribution in [0.5, 0.6) is 0 Å². The molecule has 0 aliphatic carbocycles. The van der Waals surface area contributed by atoms with E-state index < -0.39 is 30.4 Å². The fourth-order valence-corrected chi connectivity index (χ4v) is 3.83. The van der Waals surface area contributed by atoms with Crippen molar-refractivity contribution in [2.75, 3.05) is 5.32 Å². The summed E-state index contributed by atoms with van der Waals surface area (Å²) in [7, 11) is 0. The molecule has 5 rings (SSSR count). The maximum Gasteiger partial charge on any atom is 0.169 e. The summed E-state index contributed by atoms with van der Waals surface area (Å²) in [5.74, 6) is -0.0633. The Balaban J connectivity index is 1.48. The van der Waals surface area contributed by atoms with Crippen molar-refractivity contribution in [3.63, 3.8) is 0 Å². The van der Waals surface area contributed by atoms with Crippen molar-refractivity contribution in [2.24, 2.45) is 0 Å². The van der Waals surface area contributed by atoms with Gasteiger partial charge < -0.3 is 24.8 Å². The second kappa shape index (κ2) is 7.80. The highest BCUT2D eigenvalue weighted by molar-refractivity contribution is 9.10.